The Bertz CT molecular complexity index is 1330. The predicted octanol–water partition coefficient (Wildman–Crippen LogP) is 5.19. The van der Waals surface area contributed by atoms with Gasteiger partial charge in [-0.05, 0) is 42.2 Å². The summed E-state index contributed by atoms with van der Waals surface area (Å²) in [6, 6.07) is 16.3. The molecule has 2 aromatic carbocycles. The molecule has 0 aliphatic heterocycles. The molecule has 0 spiro atoms. The number of carbonyl (C=O) groups is 1. The normalized spacial score (nSPS) is 11.5. The van der Waals surface area contributed by atoms with Crippen LogP contribution in [0.15, 0.2) is 65.6 Å². The number of rotatable bonds is 5. The van der Waals surface area contributed by atoms with Crippen LogP contribution in [0.4, 0.5) is 5.69 Å². The molecule has 7 heteroatoms. The Morgan fingerprint density at radius 2 is 1.84 bits per heavy atom. The summed E-state index contributed by atoms with van der Waals surface area (Å²) in [6.45, 7) is 8.46. The minimum atomic E-state index is -0.214. The maximum Gasteiger partial charge on any atom is 0.258 e. The lowest BCUT2D eigenvalue weighted by atomic mass is 9.87. The van der Waals surface area contributed by atoms with Crippen molar-refractivity contribution >= 4 is 27.9 Å². The van der Waals surface area contributed by atoms with E-state index < -0.39 is 0 Å². The van der Waals surface area contributed by atoms with Gasteiger partial charge < -0.3 is 10.1 Å². The standard InChI is InChI=1S/C25H25N3O3S/c1-16-14-28-22(29)13-19(26-24(28)32-16)15-31-21-8-6-5-7-20(21)27-23(30)17-9-11-18(12-10-17)25(2,3)4/h5-14H,15H2,1-4H3,(H,27,30). The fourth-order valence-corrected chi connectivity index (χ4v) is 4.15. The predicted molar refractivity (Wildman–Crippen MR) is 128 cm³/mol. The molecule has 2 heterocycles. The molecule has 0 aliphatic rings. The Kier molecular flexibility index (Phi) is 5.84. The highest BCUT2D eigenvalue weighted by molar-refractivity contribution is 7.16. The third kappa shape index (κ3) is 4.73. The van der Waals surface area contributed by atoms with Crippen molar-refractivity contribution in [1.82, 2.24) is 9.38 Å². The molecule has 0 aliphatic carbocycles. The van der Waals surface area contributed by atoms with Crippen LogP contribution in [0.2, 0.25) is 0 Å². The molecule has 0 atom stereocenters. The quantitative estimate of drug-likeness (QED) is 0.457. The van der Waals surface area contributed by atoms with E-state index in [2.05, 4.69) is 31.1 Å². The van der Waals surface area contributed by atoms with E-state index in [1.54, 1.807) is 18.3 Å². The molecule has 4 rings (SSSR count). The largest absolute Gasteiger partial charge is 0.485 e. The molecule has 0 saturated heterocycles. The maximum absolute atomic E-state index is 12.8. The molecule has 32 heavy (non-hydrogen) atoms. The number of nitrogens with zero attached hydrogens (tertiary/aromatic N) is 2. The van der Waals surface area contributed by atoms with Gasteiger partial charge in [-0.1, -0.05) is 45.0 Å². The first-order valence-corrected chi connectivity index (χ1v) is 11.1. The Labute approximate surface area is 190 Å². The van der Waals surface area contributed by atoms with Crippen molar-refractivity contribution in [2.45, 2.75) is 39.7 Å². The third-order valence-electron chi connectivity index (χ3n) is 5.06. The molecular formula is C25H25N3O3S. The first-order chi connectivity index (χ1) is 15.2. The van der Waals surface area contributed by atoms with Gasteiger partial charge in [0.2, 0.25) is 0 Å². The molecule has 6 nitrogen and oxygen atoms in total. The summed E-state index contributed by atoms with van der Waals surface area (Å²) in [5, 5.41) is 2.92. The van der Waals surface area contributed by atoms with E-state index >= 15 is 0 Å². The average molecular weight is 448 g/mol. The van der Waals surface area contributed by atoms with Crippen LogP contribution in [-0.4, -0.2) is 15.3 Å². The summed E-state index contributed by atoms with van der Waals surface area (Å²) in [5.74, 6) is 0.296. The summed E-state index contributed by atoms with van der Waals surface area (Å²) in [6.07, 6.45) is 1.78. The number of para-hydroxylation sites is 2. The van der Waals surface area contributed by atoms with E-state index in [4.69, 9.17) is 4.74 Å². The van der Waals surface area contributed by atoms with Gasteiger partial charge in [0.15, 0.2) is 4.96 Å². The molecule has 0 unspecified atom stereocenters. The molecule has 2 aromatic heterocycles. The molecule has 164 valence electrons. The molecule has 4 aromatic rings. The fourth-order valence-electron chi connectivity index (χ4n) is 3.30. The Hall–Kier alpha value is -3.45. The molecular weight excluding hydrogens is 422 g/mol. The highest BCUT2D eigenvalue weighted by Crippen LogP contribution is 2.26. The van der Waals surface area contributed by atoms with Crippen molar-refractivity contribution in [2.75, 3.05) is 5.32 Å². The van der Waals surface area contributed by atoms with Crippen LogP contribution in [0.5, 0.6) is 5.75 Å². The number of fused-ring (bicyclic) bond motifs is 1. The summed E-state index contributed by atoms with van der Waals surface area (Å²) in [4.78, 5) is 31.2. The van der Waals surface area contributed by atoms with Gasteiger partial charge >= 0.3 is 0 Å². The Balaban J connectivity index is 1.49. The zero-order valence-corrected chi connectivity index (χ0v) is 19.3. The highest BCUT2D eigenvalue weighted by Gasteiger charge is 2.15. The number of aromatic nitrogens is 2. The van der Waals surface area contributed by atoms with Gasteiger partial charge in [-0.15, -0.1) is 11.3 Å². The monoisotopic (exact) mass is 447 g/mol. The maximum atomic E-state index is 12.8. The zero-order valence-electron chi connectivity index (χ0n) is 18.5. The van der Waals surface area contributed by atoms with Crippen molar-refractivity contribution in [3.63, 3.8) is 0 Å². The van der Waals surface area contributed by atoms with E-state index in [0.29, 0.717) is 27.7 Å². The zero-order chi connectivity index (χ0) is 22.9. The molecule has 0 saturated carbocycles. The van der Waals surface area contributed by atoms with Crippen LogP contribution in [0, 0.1) is 6.92 Å². The highest BCUT2D eigenvalue weighted by atomic mass is 32.1. The van der Waals surface area contributed by atoms with Gasteiger partial charge in [0.1, 0.15) is 12.4 Å². The number of anilines is 1. The topological polar surface area (TPSA) is 72.7 Å². The number of amides is 1. The summed E-state index contributed by atoms with van der Waals surface area (Å²) < 4.78 is 7.44. The van der Waals surface area contributed by atoms with Gasteiger partial charge in [0.25, 0.3) is 11.5 Å². The van der Waals surface area contributed by atoms with Gasteiger partial charge in [0, 0.05) is 22.7 Å². The lowest BCUT2D eigenvalue weighted by Gasteiger charge is -2.19. The number of aryl methyl sites for hydroxylation is 1. The Morgan fingerprint density at radius 3 is 2.56 bits per heavy atom. The lowest BCUT2D eigenvalue weighted by Crippen LogP contribution is -2.16. The van der Waals surface area contributed by atoms with Crippen molar-refractivity contribution in [3.05, 3.63) is 92.8 Å². The first kappa shape index (κ1) is 21.8. The SMILES string of the molecule is Cc1cn2c(=O)cc(COc3ccccc3NC(=O)c3ccc(C(C)(C)C)cc3)nc2s1. The van der Waals surface area contributed by atoms with Crippen molar-refractivity contribution in [2.24, 2.45) is 0 Å². The molecule has 0 bridgehead atoms. The van der Waals surface area contributed by atoms with Crippen molar-refractivity contribution in [3.8, 4) is 5.75 Å². The fraction of sp³-hybridized carbons (Fsp3) is 0.240. The molecule has 1 N–H and O–H groups in total. The van der Waals surface area contributed by atoms with Crippen LogP contribution < -0.4 is 15.6 Å². The number of benzene rings is 2. The van der Waals surface area contributed by atoms with Gasteiger partial charge in [-0.3, -0.25) is 14.0 Å². The summed E-state index contributed by atoms with van der Waals surface area (Å²) in [5.41, 5.74) is 2.72. The van der Waals surface area contributed by atoms with E-state index in [1.807, 2.05) is 43.3 Å². The molecule has 0 fully saturated rings. The minimum Gasteiger partial charge on any atom is -0.485 e. The molecule has 0 radical (unpaired) electrons. The second-order valence-corrected chi connectivity index (χ2v) is 9.86. The van der Waals surface area contributed by atoms with Crippen LogP contribution in [0.3, 0.4) is 0 Å². The number of carbonyl (C=O) groups excluding carboxylic acids is 1. The van der Waals surface area contributed by atoms with E-state index in [0.717, 1.165) is 4.88 Å². The van der Waals surface area contributed by atoms with Crippen LogP contribution in [-0.2, 0) is 12.0 Å². The second-order valence-electron chi connectivity index (χ2n) is 8.65. The molecule has 1 amide bonds. The summed E-state index contributed by atoms with van der Waals surface area (Å²) in [7, 11) is 0. The van der Waals surface area contributed by atoms with Crippen molar-refractivity contribution < 1.29 is 9.53 Å². The summed E-state index contributed by atoms with van der Waals surface area (Å²) >= 11 is 1.45. The van der Waals surface area contributed by atoms with Crippen LogP contribution in [0.25, 0.3) is 4.96 Å². The number of nitrogens with one attached hydrogen (secondary N) is 1. The average Bonchev–Trinajstić information content (AvgIpc) is 3.13. The van der Waals surface area contributed by atoms with E-state index in [1.165, 1.54) is 27.4 Å². The number of hydrogen-bond donors (Lipinski definition) is 1. The van der Waals surface area contributed by atoms with Crippen LogP contribution in [0.1, 0.15) is 47.3 Å². The van der Waals surface area contributed by atoms with Crippen molar-refractivity contribution in [1.29, 1.82) is 0 Å². The van der Waals surface area contributed by atoms with Crippen LogP contribution >= 0.6 is 11.3 Å². The number of hydrogen-bond acceptors (Lipinski definition) is 5. The van der Waals surface area contributed by atoms with E-state index in [-0.39, 0.29) is 23.5 Å². The lowest BCUT2D eigenvalue weighted by molar-refractivity contribution is 0.102. The number of thiazole rings is 1. The van der Waals surface area contributed by atoms with Gasteiger partial charge in [-0.2, -0.15) is 0 Å². The first-order valence-electron chi connectivity index (χ1n) is 10.3. The minimum absolute atomic E-state index is 0.0246. The third-order valence-corrected chi connectivity index (χ3v) is 5.96. The second kappa shape index (κ2) is 8.59. The Morgan fingerprint density at radius 1 is 1.12 bits per heavy atom. The number of ether oxygens (including phenoxy) is 1. The van der Waals surface area contributed by atoms with Gasteiger partial charge in [0.05, 0.1) is 11.4 Å². The smallest absolute Gasteiger partial charge is 0.258 e. The van der Waals surface area contributed by atoms with E-state index in [9.17, 15) is 9.59 Å². The van der Waals surface area contributed by atoms with Gasteiger partial charge in [-0.25, -0.2) is 4.98 Å².